The van der Waals surface area contributed by atoms with E-state index in [2.05, 4.69) is 0 Å². The molecule has 0 fully saturated rings. The van der Waals surface area contributed by atoms with Gasteiger partial charge in [-0.25, -0.2) is 0 Å². The molecule has 41 heavy (non-hydrogen) atoms. The Balaban J connectivity index is 1.51. The maximum absolute atomic E-state index is 13.9. The molecule has 0 N–H and O–H groups in total. The Labute approximate surface area is 240 Å². The summed E-state index contributed by atoms with van der Waals surface area (Å²) in [6.45, 7) is 4.25. The van der Waals surface area contributed by atoms with E-state index in [4.69, 9.17) is 23.9 Å². The molecular weight excluding hydrogens is 518 g/mol. The lowest BCUT2D eigenvalue weighted by Crippen LogP contribution is -2.38. The maximum atomic E-state index is 13.9. The Morgan fingerprint density at radius 1 is 0.902 bits per heavy atom. The highest BCUT2D eigenvalue weighted by atomic mass is 16.5. The number of carbonyl (C=O) groups is 2. The molecule has 0 spiro atoms. The molecule has 2 aliphatic rings. The molecule has 1 aliphatic carbocycles. The van der Waals surface area contributed by atoms with Gasteiger partial charge in [-0.15, -0.1) is 0 Å². The van der Waals surface area contributed by atoms with Gasteiger partial charge in [-0.05, 0) is 67.1 Å². The van der Waals surface area contributed by atoms with Gasteiger partial charge in [-0.1, -0.05) is 48.5 Å². The summed E-state index contributed by atoms with van der Waals surface area (Å²) >= 11 is 0. The molecule has 0 saturated heterocycles. The smallest absolute Gasteiger partial charge is 0.315 e. The second-order valence-corrected chi connectivity index (χ2v) is 10.3. The topological polar surface area (TPSA) is 83.4 Å². The number of ketones is 1. The highest BCUT2D eigenvalue weighted by Gasteiger charge is 2.45. The predicted octanol–water partition coefficient (Wildman–Crippen LogP) is 6.42. The first-order valence-corrected chi connectivity index (χ1v) is 13.9. The summed E-state index contributed by atoms with van der Waals surface area (Å²) in [6.07, 6.45) is 0.938. The van der Waals surface area contributed by atoms with E-state index < -0.39 is 17.8 Å². The van der Waals surface area contributed by atoms with Crippen molar-refractivity contribution in [3.05, 3.63) is 101 Å². The molecule has 5 rings (SSSR count). The van der Waals surface area contributed by atoms with E-state index in [0.29, 0.717) is 42.2 Å². The average Bonchev–Trinajstić information content (AvgIpc) is 2.99. The summed E-state index contributed by atoms with van der Waals surface area (Å²) in [5.41, 5.74) is 4.83. The van der Waals surface area contributed by atoms with Crippen LogP contribution in [0.3, 0.4) is 0 Å². The van der Waals surface area contributed by atoms with Crippen LogP contribution >= 0.6 is 0 Å². The molecule has 0 bridgehead atoms. The van der Waals surface area contributed by atoms with E-state index in [9.17, 15) is 9.59 Å². The fourth-order valence-electron chi connectivity index (χ4n) is 5.80. The molecule has 212 valence electrons. The van der Waals surface area contributed by atoms with Gasteiger partial charge in [-0.2, -0.15) is 0 Å². The van der Waals surface area contributed by atoms with Crippen LogP contribution < -0.4 is 14.2 Å². The first-order chi connectivity index (χ1) is 19.9. The van der Waals surface area contributed by atoms with Gasteiger partial charge >= 0.3 is 5.97 Å². The third kappa shape index (κ3) is 5.89. The molecular formula is C34H35NO6. The summed E-state index contributed by atoms with van der Waals surface area (Å²) in [5.74, 6) is 0.223. The number of benzene rings is 3. The van der Waals surface area contributed by atoms with Crippen molar-refractivity contribution in [2.45, 2.75) is 45.1 Å². The van der Waals surface area contributed by atoms with E-state index in [-0.39, 0.29) is 18.3 Å². The number of hydrogen-bond acceptors (Lipinski definition) is 7. The van der Waals surface area contributed by atoms with E-state index in [1.54, 1.807) is 21.1 Å². The molecule has 0 amide bonds. The van der Waals surface area contributed by atoms with Crippen molar-refractivity contribution < 1.29 is 28.5 Å². The van der Waals surface area contributed by atoms with Gasteiger partial charge in [0.05, 0.1) is 20.8 Å². The van der Waals surface area contributed by atoms with Crippen molar-refractivity contribution >= 4 is 17.5 Å². The van der Waals surface area contributed by atoms with Crippen LogP contribution in [-0.2, 0) is 20.9 Å². The minimum atomic E-state index is -0.712. The average molecular weight is 554 g/mol. The maximum Gasteiger partial charge on any atom is 0.315 e. The summed E-state index contributed by atoms with van der Waals surface area (Å²) in [5, 5.41) is 0. The third-order valence-electron chi connectivity index (χ3n) is 7.80. The van der Waals surface area contributed by atoms with Crippen molar-refractivity contribution in [1.29, 1.82) is 0 Å². The second-order valence-electron chi connectivity index (χ2n) is 10.3. The SMILES string of the molecule is CCOC(=O)C1C(C)=NC2=C(C(=O)C[C@@H](c3ccc(OC)cc3)C2)[C@H]1c1ccc(OCc2ccccc2)c(OC)c1. The lowest BCUT2D eigenvalue weighted by atomic mass is 9.69. The number of carbonyl (C=O) groups excluding carboxylic acids is 2. The Morgan fingerprint density at radius 2 is 1.63 bits per heavy atom. The molecule has 3 aromatic rings. The number of esters is 1. The number of hydrogen-bond donors (Lipinski definition) is 0. The highest BCUT2D eigenvalue weighted by molar-refractivity contribution is 6.09. The lowest BCUT2D eigenvalue weighted by molar-refractivity contribution is -0.146. The fraction of sp³-hybridized carbons (Fsp3) is 0.324. The van der Waals surface area contributed by atoms with Crippen LogP contribution in [0.4, 0.5) is 0 Å². The van der Waals surface area contributed by atoms with Crippen molar-refractivity contribution in [1.82, 2.24) is 0 Å². The molecule has 7 heteroatoms. The van der Waals surface area contributed by atoms with Crippen LogP contribution in [0.1, 0.15) is 55.2 Å². The van der Waals surface area contributed by atoms with Crippen LogP contribution in [0.25, 0.3) is 0 Å². The quantitative estimate of drug-likeness (QED) is 0.284. The Hall–Kier alpha value is -4.39. The third-order valence-corrected chi connectivity index (χ3v) is 7.80. The largest absolute Gasteiger partial charge is 0.497 e. The number of aliphatic imine (C=N–C) groups is 1. The van der Waals surface area contributed by atoms with Crippen molar-refractivity contribution in [2.75, 3.05) is 20.8 Å². The molecule has 0 aromatic heterocycles. The van der Waals surface area contributed by atoms with E-state index in [0.717, 1.165) is 28.1 Å². The van der Waals surface area contributed by atoms with Crippen molar-refractivity contribution in [2.24, 2.45) is 10.9 Å². The van der Waals surface area contributed by atoms with Crippen LogP contribution in [0.5, 0.6) is 17.2 Å². The molecule has 0 saturated carbocycles. The van der Waals surface area contributed by atoms with E-state index in [1.165, 1.54) is 0 Å². The minimum absolute atomic E-state index is 0.00759. The molecule has 3 atom stereocenters. The predicted molar refractivity (Wildman–Crippen MR) is 157 cm³/mol. The number of methoxy groups -OCH3 is 2. The number of nitrogens with zero attached hydrogens (tertiary/aromatic N) is 1. The van der Waals surface area contributed by atoms with Gasteiger partial charge in [0.15, 0.2) is 17.3 Å². The van der Waals surface area contributed by atoms with E-state index in [1.807, 2.05) is 79.7 Å². The van der Waals surface area contributed by atoms with Gasteiger partial charge in [0.1, 0.15) is 18.3 Å². The summed E-state index contributed by atoms with van der Waals surface area (Å²) in [7, 11) is 3.22. The lowest BCUT2D eigenvalue weighted by Gasteiger charge is -2.36. The molecule has 1 aliphatic heterocycles. The molecule has 7 nitrogen and oxygen atoms in total. The van der Waals surface area contributed by atoms with Gasteiger partial charge < -0.3 is 18.9 Å². The van der Waals surface area contributed by atoms with Crippen LogP contribution in [-0.4, -0.2) is 38.3 Å². The fourth-order valence-corrected chi connectivity index (χ4v) is 5.80. The Kier molecular flexibility index (Phi) is 8.53. The molecule has 0 radical (unpaired) electrons. The molecule has 1 unspecified atom stereocenters. The standard InChI is InChI=1S/C34H35NO6/c1-5-40-34(37)31-21(2)35-27-17-25(23-11-14-26(38-3)15-12-23)18-28(36)33(27)32(31)24-13-16-29(30(19-24)39-4)41-20-22-9-7-6-8-10-22/h6-16,19,25,31-32H,5,17-18,20H2,1-4H3/t25-,31?,32-/m0/s1. The van der Waals surface area contributed by atoms with Crippen LogP contribution in [0.2, 0.25) is 0 Å². The second kappa shape index (κ2) is 12.4. The summed E-state index contributed by atoms with van der Waals surface area (Å²) < 4.78 is 22.6. The van der Waals surface area contributed by atoms with Crippen molar-refractivity contribution in [3.8, 4) is 17.2 Å². The molecule has 1 heterocycles. The zero-order valence-electron chi connectivity index (χ0n) is 23.9. The molecule has 3 aromatic carbocycles. The normalized spacial score (nSPS) is 20.1. The Bertz CT molecular complexity index is 1470. The zero-order valence-corrected chi connectivity index (χ0v) is 23.9. The van der Waals surface area contributed by atoms with Crippen LogP contribution in [0.15, 0.2) is 89.1 Å². The van der Waals surface area contributed by atoms with Gasteiger partial charge in [-0.3, -0.25) is 14.6 Å². The van der Waals surface area contributed by atoms with E-state index >= 15 is 0 Å². The first kappa shape index (κ1) is 28.1. The summed E-state index contributed by atoms with van der Waals surface area (Å²) in [6, 6.07) is 23.3. The van der Waals surface area contributed by atoms with Gasteiger partial charge in [0.25, 0.3) is 0 Å². The first-order valence-electron chi connectivity index (χ1n) is 13.9. The van der Waals surface area contributed by atoms with Gasteiger partial charge in [0.2, 0.25) is 0 Å². The number of rotatable bonds is 9. The zero-order chi connectivity index (χ0) is 28.9. The van der Waals surface area contributed by atoms with Crippen LogP contribution in [0, 0.1) is 5.92 Å². The van der Waals surface area contributed by atoms with Gasteiger partial charge in [0, 0.05) is 29.3 Å². The minimum Gasteiger partial charge on any atom is -0.497 e. The number of Topliss-reactive ketones (excluding diaryl/α,β-unsaturated/α-hetero) is 1. The highest BCUT2D eigenvalue weighted by Crippen LogP contribution is 2.48. The number of ether oxygens (including phenoxy) is 4. The summed E-state index contributed by atoms with van der Waals surface area (Å²) in [4.78, 5) is 32.0. The number of allylic oxidation sites excluding steroid dienone is 2. The van der Waals surface area contributed by atoms with Crippen molar-refractivity contribution in [3.63, 3.8) is 0 Å². The monoisotopic (exact) mass is 553 g/mol. The Morgan fingerprint density at radius 3 is 2.32 bits per heavy atom.